The van der Waals surface area contributed by atoms with Crippen LogP contribution in [0.4, 0.5) is 11.4 Å². The minimum Gasteiger partial charge on any atom is -0.477 e. The SMILES string of the molecule is CC[C@@H](C(=O)N1CCOCC1)N(C(=O)C1CCC(C)CC1)c1cc(-c2ccccc2)sc1C(=O)O.CC[C@@H](C(=O)N1CCOCC1)N(C(=O)C1CCC(C)CC1)c1cc(-c2ccccc2)sc1C(=O)OC. The molecular formula is C55H70N4O10S2. The topological polar surface area (TPSA) is 163 Å². The first-order valence-corrected chi connectivity index (χ1v) is 27.1. The Hall–Kier alpha value is -5.42. The Morgan fingerprint density at radius 3 is 1.32 bits per heavy atom. The van der Waals surface area contributed by atoms with E-state index in [1.165, 1.54) is 23.3 Å². The third-order valence-electron chi connectivity index (χ3n) is 14.4. The smallest absolute Gasteiger partial charge is 0.350 e. The van der Waals surface area contributed by atoms with E-state index >= 15 is 0 Å². The molecule has 71 heavy (non-hydrogen) atoms. The van der Waals surface area contributed by atoms with Gasteiger partial charge in [-0.2, -0.15) is 0 Å². The second-order valence-corrected chi connectivity index (χ2v) is 21.3. The number of carboxylic acids is 1. The molecule has 2 saturated carbocycles. The van der Waals surface area contributed by atoms with Crippen molar-refractivity contribution in [2.24, 2.45) is 23.7 Å². The molecule has 8 rings (SSSR count). The lowest BCUT2D eigenvalue weighted by molar-refractivity contribution is -0.139. The average molecular weight is 1010 g/mol. The Balaban J connectivity index is 0.000000209. The highest BCUT2D eigenvalue weighted by Crippen LogP contribution is 2.43. The summed E-state index contributed by atoms with van der Waals surface area (Å²) in [6.45, 7) is 12.1. The van der Waals surface area contributed by atoms with Crippen LogP contribution < -0.4 is 9.80 Å². The van der Waals surface area contributed by atoms with Gasteiger partial charge in [0.15, 0.2) is 0 Å². The fraction of sp³-hybridized carbons (Fsp3) is 0.527. The minimum atomic E-state index is -1.09. The Labute approximate surface area is 426 Å². The number of benzene rings is 2. The van der Waals surface area contributed by atoms with Gasteiger partial charge in [0.05, 0.1) is 44.9 Å². The van der Waals surface area contributed by atoms with Crippen molar-refractivity contribution in [2.75, 3.05) is 69.5 Å². The molecule has 4 aliphatic rings. The number of carboxylic acid groups (broad SMARTS) is 1. The largest absolute Gasteiger partial charge is 0.477 e. The van der Waals surface area contributed by atoms with Crippen molar-refractivity contribution >= 4 is 69.6 Å². The van der Waals surface area contributed by atoms with Gasteiger partial charge in [-0.15, -0.1) is 22.7 Å². The van der Waals surface area contributed by atoms with E-state index < -0.39 is 24.0 Å². The van der Waals surface area contributed by atoms with Crippen LogP contribution in [0.2, 0.25) is 0 Å². The van der Waals surface area contributed by atoms with Crippen LogP contribution in [0.1, 0.15) is 111 Å². The molecule has 4 heterocycles. The molecule has 2 aromatic carbocycles. The normalized spacial score (nSPS) is 21.2. The summed E-state index contributed by atoms with van der Waals surface area (Å²) in [7, 11) is 1.35. The van der Waals surface area contributed by atoms with Crippen LogP contribution in [-0.4, -0.2) is 122 Å². The van der Waals surface area contributed by atoms with Gasteiger partial charge in [0.2, 0.25) is 23.6 Å². The lowest BCUT2D eigenvalue weighted by Crippen LogP contribution is -2.55. The number of anilines is 2. The van der Waals surface area contributed by atoms with Gasteiger partial charge in [-0.05, 0) is 99.3 Å². The second-order valence-electron chi connectivity index (χ2n) is 19.2. The number of thiophene rings is 2. The first-order valence-electron chi connectivity index (χ1n) is 25.4. The molecular weight excluding hydrogens is 941 g/mol. The molecule has 4 aromatic rings. The Morgan fingerprint density at radius 1 is 0.606 bits per heavy atom. The first-order chi connectivity index (χ1) is 34.3. The van der Waals surface area contributed by atoms with Gasteiger partial charge in [0.25, 0.3) is 0 Å². The third-order valence-corrected chi connectivity index (χ3v) is 16.8. The molecule has 2 aliphatic carbocycles. The van der Waals surface area contributed by atoms with Gasteiger partial charge in [0, 0.05) is 47.8 Å². The van der Waals surface area contributed by atoms with Crippen LogP contribution in [0, 0.1) is 23.7 Å². The Kier molecular flexibility index (Phi) is 19.0. The highest BCUT2D eigenvalue weighted by atomic mass is 32.1. The molecule has 0 unspecified atom stereocenters. The highest BCUT2D eigenvalue weighted by molar-refractivity contribution is 7.18. The summed E-state index contributed by atoms with van der Waals surface area (Å²) >= 11 is 2.45. The number of carbonyl (C=O) groups excluding carboxylic acids is 5. The van der Waals surface area contributed by atoms with E-state index in [1.807, 2.05) is 80.6 Å². The van der Waals surface area contributed by atoms with E-state index in [9.17, 15) is 33.9 Å². The van der Waals surface area contributed by atoms with E-state index in [2.05, 4.69) is 13.8 Å². The van der Waals surface area contributed by atoms with E-state index in [0.717, 1.165) is 83.6 Å². The fourth-order valence-corrected chi connectivity index (χ4v) is 12.3. The number of hydrogen-bond donors (Lipinski definition) is 1. The Bertz CT molecular complexity index is 2430. The van der Waals surface area contributed by atoms with Crippen LogP contribution >= 0.6 is 22.7 Å². The molecule has 2 aliphatic heterocycles. The number of esters is 1. The number of aromatic carboxylic acids is 1. The zero-order chi connectivity index (χ0) is 50.6. The van der Waals surface area contributed by atoms with Crippen molar-refractivity contribution in [1.82, 2.24) is 9.80 Å². The van der Waals surface area contributed by atoms with E-state index in [-0.39, 0.29) is 40.3 Å². The van der Waals surface area contributed by atoms with Crippen molar-refractivity contribution in [3.63, 3.8) is 0 Å². The molecule has 2 aromatic heterocycles. The molecule has 1 N–H and O–H groups in total. The highest BCUT2D eigenvalue weighted by Gasteiger charge is 2.42. The van der Waals surface area contributed by atoms with Gasteiger partial charge >= 0.3 is 11.9 Å². The molecule has 382 valence electrons. The fourth-order valence-electron chi connectivity index (χ4n) is 10.2. The molecule has 2 saturated heterocycles. The number of rotatable bonds is 14. The number of amides is 4. The van der Waals surface area contributed by atoms with Crippen molar-refractivity contribution in [3.8, 4) is 20.9 Å². The van der Waals surface area contributed by atoms with Crippen LogP contribution in [0.25, 0.3) is 20.9 Å². The van der Waals surface area contributed by atoms with Crippen molar-refractivity contribution in [2.45, 2.75) is 104 Å². The monoisotopic (exact) mass is 1010 g/mol. The molecule has 0 spiro atoms. The summed E-state index contributed by atoms with van der Waals surface area (Å²) in [4.78, 5) is 89.7. The lowest BCUT2D eigenvalue weighted by Gasteiger charge is -2.38. The van der Waals surface area contributed by atoms with Crippen LogP contribution in [-0.2, 0) is 33.4 Å². The summed E-state index contributed by atoms with van der Waals surface area (Å²) < 4.78 is 16.0. The number of hydrogen-bond acceptors (Lipinski definition) is 11. The van der Waals surface area contributed by atoms with Crippen molar-refractivity contribution in [1.29, 1.82) is 0 Å². The molecule has 0 radical (unpaired) electrons. The maximum Gasteiger partial charge on any atom is 0.350 e. The van der Waals surface area contributed by atoms with Gasteiger partial charge < -0.3 is 29.1 Å². The van der Waals surface area contributed by atoms with E-state index in [4.69, 9.17) is 14.2 Å². The molecule has 2 atom stereocenters. The number of morpholine rings is 2. The molecule has 16 heteroatoms. The van der Waals surface area contributed by atoms with Crippen LogP contribution in [0.15, 0.2) is 72.8 Å². The molecule has 14 nitrogen and oxygen atoms in total. The van der Waals surface area contributed by atoms with E-state index in [0.29, 0.717) is 93.5 Å². The number of carbonyl (C=O) groups is 6. The van der Waals surface area contributed by atoms with Gasteiger partial charge in [-0.25, -0.2) is 9.59 Å². The van der Waals surface area contributed by atoms with E-state index in [1.54, 1.807) is 20.8 Å². The summed E-state index contributed by atoms with van der Waals surface area (Å²) in [5.74, 6) is -1.24. The summed E-state index contributed by atoms with van der Waals surface area (Å²) in [6.07, 6.45) is 7.86. The predicted octanol–water partition coefficient (Wildman–Crippen LogP) is 9.91. The molecule has 4 fully saturated rings. The number of nitrogens with zero attached hydrogens (tertiary/aromatic N) is 4. The van der Waals surface area contributed by atoms with Crippen molar-refractivity contribution < 1.29 is 48.1 Å². The second kappa shape index (κ2) is 25.3. The van der Waals surface area contributed by atoms with Gasteiger partial charge in [-0.1, -0.05) is 88.4 Å². The van der Waals surface area contributed by atoms with Crippen molar-refractivity contribution in [3.05, 3.63) is 82.6 Å². The predicted molar refractivity (Wildman–Crippen MR) is 278 cm³/mol. The molecule has 4 amide bonds. The van der Waals surface area contributed by atoms with Gasteiger partial charge in [0.1, 0.15) is 21.8 Å². The lowest BCUT2D eigenvalue weighted by atomic mass is 9.82. The first kappa shape index (κ1) is 53.4. The summed E-state index contributed by atoms with van der Waals surface area (Å²) in [6, 6.07) is 21.5. The number of methoxy groups -OCH3 is 1. The summed E-state index contributed by atoms with van der Waals surface area (Å²) in [5, 5.41) is 10.1. The maximum atomic E-state index is 14.2. The van der Waals surface area contributed by atoms with Gasteiger partial charge in [-0.3, -0.25) is 29.0 Å². The summed E-state index contributed by atoms with van der Waals surface area (Å²) in [5.41, 5.74) is 2.64. The standard InChI is InChI=1S/C28H36N2O5S.C27H34N2O5S/c1-4-22(27(32)29-14-16-35-17-15-29)30(26(31)21-12-10-19(2)11-13-21)23-18-24(20-8-6-5-7-9-20)36-25(23)28(33)34-3;1-3-21(26(31)28-13-15-34-16-14-28)29(25(30)20-11-9-18(2)10-12-20)22-17-23(35-24(22)27(32)33)19-7-5-4-6-8-19/h5-9,18-19,21-22H,4,10-17H2,1-3H3;4-8,17-18,20-21H,3,9-16H2,1-2H3,(H,32,33)/t19?,21?,22-;18?,20?,21-/m00/s1. The van der Waals surface area contributed by atoms with Crippen LogP contribution in [0.3, 0.4) is 0 Å². The zero-order valence-electron chi connectivity index (χ0n) is 41.8. The Morgan fingerprint density at radius 2 is 0.972 bits per heavy atom. The minimum absolute atomic E-state index is 0.0714. The van der Waals surface area contributed by atoms with Crippen LogP contribution in [0.5, 0.6) is 0 Å². The third kappa shape index (κ3) is 12.8. The average Bonchev–Trinajstić information content (AvgIpc) is 4.06. The molecule has 0 bridgehead atoms. The number of ether oxygens (including phenoxy) is 3. The maximum absolute atomic E-state index is 14.2. The quantitative estimate of drug-likeness (QED) is 0.120. The zero-order valence-corrected chi connectivity index (χ0v) is 43.5.